The van der Waals surface area contributed by atoms with E-state index in [0.29, 0.717) is 6.04 Å². The lowest BCUT2D eigenvalue weighted by molar-refractivity contribution is -0.128. The molecule has 1 fully saturated rings. The van der Waals surface area contributed by atoms with E-state index in [0.717, 1.165) is 38.6 Å². The molecule has 0 radical (unpaired) electrons. The lowest BCUT2D eigenvalue weighted by atomic mass is 9.92. The first-order chi connectivity index (χ1) is 7.18. The van der Waals surface area contributed by atoms with Crippen LogP contribution in [0, 0.1) is 0 Å². The molecule has 0 aromatic carbocycles. The van der Waals surface area contributed by atoms with Gasteiger partial charge in [0.25, 0.3) is 0 Å². The van der Waals surface area contributed by atoms with Gasteiger partial charge in [-0.3, -0.25) is 4.79 Å². The Bertz CT molecular complexity index is 206. The van der Waals surface area contributed by atoms with Gasteiger partial charge in [-0.1, -0.05) is 20.8 Å². The van der Waals surface area contributed by atoms with Gasteiger partial charge in [-0.2, -0.15) is 0 Å². The lowest BCUT2D eigenvalue weighted by Crippen LogP contribution is -2.55. The monoisotopic (exact) mass is 212 g/mol. The maximum Gasteiger partial charge on any atom is 0.240 e. The van der Waals surface area contributed by atoms with E-state index in [1.54, 1.807) is 0 Å². The van der Waals surface area contributed by atoms with Gasteiger partial charge in [-0.05, 0) is 38.6 Å². The number of carbonyl (C=O) groups is 1. The third kappa shape index (κ3) is 2.71. The quantitative estimate of drug-likeness (QED) is 0.730. The summed E-state index contributed by atoms with van der Waals surface area (Å²) in [5, 5.41) is 6.51. The van der Waals surface area contributed by atoms with Crippen molar-refractivity contribution in [2.75, 3.05) is 6.54 Å². The second kappa shape index (κ2) is 5.50. The number of nitrogens with one attached hydrogen (secondary N) is 2. The summed E-state index contributed by atoms with van der Waals surface area (Å²) in [6.45, 7) is 7.30. The van der Waals surface area contributed by atoms with Gasteiger partial charge in [0.05, 0.1) is 5.54 Å². The van der Waals surface area contributed by atoms with Gasteiger partial charge in [0, 0.05) is 6.04 Å². The number of carbonyl (C=O) groups excluding carboxylic acids is 1. The van der Waals surface area contributed by atoms with E-state index in [9.17, 15) is 4.79 Å². The van der Waals surface area contributed by atoms with E-state index in [4.69, 9.17) is 0 Å². The zero-order valence-corrected chi connectivity index (χ0v) is 10.2. The minimum absolute atomic E-state index is 0.205. The fourth-order valence-electron chi connectivity index (χ4n) is 2.28. The molecular formula is C12H24N2O. The Morgan fingerprint density at radius 3 is 2.47 bits per heavy atom. The molecule has 1 aliphatic heterocycles. The Labute approximate surface area is 93.0 Å². The predicted octanol–water partition coefficient (Wildman–Crippen LogP) is 1.82. The molecule has 0 bridgehead atoms. The highest BCUT2D eigenvalue weighted by atomic mass is 16.2. The van der Waals surface area contributed by atoms with Crippen molar-refractivity contribution in [2.45, 2.75) is 64.5 Å². The van der Waals surface area contributed by atoms with E-state index >= 15 is 0 Å². The van der Waals surface area contributed by atoms with Gasteiger partial charge >= 0.3 is 0 Å². The van der Waals surface area contributed by atoms with Crippen molar-refractivity contribution in [3.63, 3.8) is 0 Å². The van der Waals surface area contributed by atoms with Crippen LogP contribution in [0.4, 0.5) is 0 Å². The third-order valence-electron chi connectivity index (χ3n) is 3.60. The fourth-order valence-corrected chi connectivity index (χ4v) is 2.28. The molecule has 1 amide bonds. The SMILES string of the molecule is CCC(CC)NC(=O)C1(CC)CCCN1. The summed E-state index contributed by atoms with van der Waals surface area (Å²) in [5.74, 6) is 0.205. The first-order valence-corrected chi connectivity index (χ1v) is 6.24. The molecule has 1 saturated heterocycles. The standard InChI is InChI=1S/C12H24N2O/c1-4-10(5-2)14-11(15)12(6-3)8-7-9-13-12/h10,13H,4-9H2,1-3H3,(H,14,15). The first-order valence-electron chi connectivity index (χ1n) is 6.24. The summed E-state index contributed by atoms with van der Waals surface area (Å²) >= 11 is 0. The van der Waals surface area contributed by atoms with Gasteiger partial charge in [0.2, 0.25) is 5.91 Å². The van der Waals surface area contributed by atoms with E-state index in [1.807, 2.05) is 0 Å². The summed E-state index contributed by atoms with van der Waals surface area (Å²) in [6.07, 6.45) is 5.02. The first kappa shape index (κ1) is 12.5. The minimum atomic E-state index is -0.275. The van der Waals surface area contributed by atoms with Gasteiger partial charge in [0.1, 0.15) is 0 Å². The average molecular weight is 212 g/mol. The molecule has 88 valence electrons. The Morgan fingerprint density at radius 1 is 1.40 bits per heavy atom. The van der Waals surface area contributed by atoms with Crippen molar-refractivity contribution in [1.82, 2.24) is 10.6 Å². The van der Waals surface area contributed by atoms with Crippen LogP contribution in [0.25, 0.3) is 0 Å². The summed E-state index contributed by atoms with van der Waals surface area (Å²) in [7, 11) is 0. The largest absolute Gasteiger partial charge is 0.352 e. The van der Waals surface area contributed by atoms with Crippen LogP contribution in [0.2, 0.25) is 0 Å². The number of hydrogen-bond donors (Lipinski definition) is 2. The molecule has 0 aromatic heterocycles. The molecule has 0 aromatic rings. The van der Waals surface area contributed by atoms with Crippen molar-refractivity contribution < 1.29 is 4.79 Å². The molecule has 3 nitrogen and oxygen atoms in total. The molecule has 0 spiro atoms. The third-order valence-corrected chi connectivity index (χ3v) is 3.60. The Balaban J connectivity index is 2.57. The van der Waals surface area contributed by atoms with E-state index in [1.165, 1.54) is 0 Å². The molecule has 1 aliphatic rings. The highest BCUT2D eigenvalue weighted by molar-refractivity contribution is 5.86. The molecule has 3 heteroatoms. The molecule has 0 saturated carbocycles. The van der Waals surface area contributed by atoms with Crippen molar-refractivity contribution in [1.29, 1.82) is 0 Å². The van der Waals surface area contributed by atoms with Gasteiger partial charge in [0.15, 0.2) is 0 Å². The van der Waals surface area contributed by atoms with Crippen molar-refractivity contribution in [3.8, 4) is 0 Å². The second-order valence-corrected chi connectivity index (χ2v) is 4.45. The van der Waals surface area contributed by atoms with Gasteiger partial charge in [-0.25, -0.2) is 0 Å². The Kier molecular flexibility index (Phi) is 4.58. The summed E-state index contributed by atoms with van der Waals surface area (Å²) in [4.78, 5) is 12.2. The van der Waals surface area contributed by atoms with Gasteiger partial charge < -0.3 is 10.6 Å². The van der Waals surface area contributed by atoms with Crippen molar-refractivity contribution >= 4 is 5.91 Å². The predicted molar refractivity (Wildman–Crippen MR) is 62.8 cm³/mol. The summed E-state index contributed by atoms with van der Waals surface area (Å²) in [5.41, 5.74) is -0.275. The maximum absolute atomic E-state index is 12.2. The molecule has 1 heterocycles. The Morgan fingerprint density at radius 2 is 2.07 bits per heavy atom. The van der Waals surface area contributed by atoms with Crippen LogP contribution >= 0.6 is 0 Å². The number of amides is 1. The second-order valence-electron chi connectivity index (χ2n) is 4.45. The van der Waals surface area contributed by atoms with Crippen LogP contribution in [0.1, 0.15) is 52.9 Å². The minimum Gasteiger partial charge on any atom is -0.352 e. The Hall–Kier alpha value is -0.570. The zero-order chi connectivity index (χ0) is 11.3. The average Bonchev–Trinajstić information content (AvgIpc) is 2.75. The highest BCUT2D eigenvalue weighted by Crippen LogP contribution is 2.23. The van der Waals surface area contributed by atoms with Crippen LogP contribution in [0.3, 0.4) is 0 Å². The highest BCUT2D eigenvalue weighted by Gasteiger charge is 2.39. The maximum atomic E-state index is 12.2. The molecular weight excluding hydrogens is 188 g/mol. The summed E-state index contributed by atoms with van der Waals surface area (Å²) in [6, 6.07) is 0.336. The molecule has 15 heavy (non-hydrogen) atoms. The van der Waals surface area contributed by atoms with Crippen molar-refractivity contribution in [2.24, 2.45) is 0 Å². The number of hydrogen-bond acceptors (Lipinski definition) is 2. The topological polar surface area (TPSA) is 41.1 Å². The number of rotatable bonds is 5. The van der Waals surface area contributed by atoms with E-state index in [-0.39, 0.29) is 11.4 Å². The fraction of sp³-hybridized carbons (Fsp3) is 0.917. The van der Waals surface area contributed by atoms with Crippen LogP contribution in [-0.4, -0.2) is 24.0 Å². The van der Waals surface area contributed by atoms with E-state index in [2.05, 4.69) is 31.4 Å². The summed E-state index contributed by atoms with van der Waals surface area (Å²) < 4.78 is 0. The molecule has 0 aliphatic carbocycles. The normalized spacial score (nSPS) is 25.9. The van der Waals surface area contributed by atoms with Crippen LogP contribution in [0.5, 0.6) is 0 Å². The smallest absolute Gasteiger partial charge is 0.240 e. The molecule has 2 N–H and O–H groups in total. The van der Waals surface area contributed by atoms with Gasteiger partial charge in [-0.15, -0.1) is 0 Å². The van der Waals surface area contributed by atoms with Crippen LogP contribution in [-0.2, 0) is 4.79 Å². The lowest BCUT2D eigenvalue weighted by Gasteiger charge is -2.29. The van der Waals surface area contributed by atoms with Crippen LogP contribution < -0.4 is 10.6 Å². The molecule has 1 rings (SSSR count). The van der Waals surface area contributed by atoms with E-state index < -0.39 is 0 Å². The zero-order valence-electron chi connectivity index (χ0n) is 10.2. The molecule has 1 unspecified atom stereocenters. The van der Waals surface area contributed by atoms with Crippen molar-refractivity contribution in [3.05, 3.63) is 0 Å². The van der Waals surface area contributed by atoms with Crippen LogP contribution in [0.15, 0.2) is 0 Å². The molecule has 1 atom stereocenters.